The van der Waals surface area contributed by atoms with Crippen LogP contribution in [0.5, 0.6) is 0 Å². The van der Waals surface area contributed by atoms with E-state index in [2.05, 4.69) is 22.1 Å². The Morgan fingerprint density at radius 1 is 1.39 bits per heavy atom. The van der Waals surface area contributed by atoms with Gasteiger partial charge in [0.15, 0.2) is 0 Å². The van der Waals surface area contributed by atoms with Crippen LogP contribution in [0.3, 0.4) is 0 Å². The average Bonchev–Trinajstić information content (AvgIpc) is 2.80. The molecular formula is C13H25N5. The summed E-state index contributed by atoms with van der Waals surface area (Å²) in [6.07, 6.45) is 7.40. The normalized spacial score (nSPS) is 18.3. The molecule has 1 saturated heterocycles. The summed E-state index contributed by atoms with van der Waals surface area (Å²) in [5, 5.41) is 8.28. The Morgan fingerprint density at radius 2 is 2.17 bits per heavy atom. The van der Waals surface area contributed by atoms with Gasteiger partial charge < -0.3 is 5.73 Å². The van der Waals surface area contributed by atoms with E-state index in [0.717, 1.165) is 24.7 Å². The van der Waals surface area contributed by atoms with Crippen molar-refractivity contribution in [1.82, 2.24) is 19.9 Å². The summed E-state index contributed by atoms with van der Waals surface area (Å²) in [7, 11) is 0. The molecule has 0 atom stereocenters. The molecule has 0 unspecified atom stereocenters. The van der Waals surface area contributed by atoms with Crippen molar-refractivity contribution in [2.75, 3.05) is 19.6 Å². The number of hydrogen-bond acceptors (Lipinski definition) is 4. The molecule has 102 valence electrons. The van der Waals surface area contributed by atoms with Gasteiger partial charge in [0.25, 0.3) is 0 Å². The summed E-state index contributed by atoms with van der Waals surface area (Å²) in [4.78, 5) is 2.49. The van der Waals surface area contributed by atoms with Gasteiger partial charge in [0.2, 0.25) is 0 Å². The summed E-state index contributed by atoms with van der Waals surface area (Å²) >= 11 is 0. The first kappa shape index (κ1) is 13.5. The van der Waals surface area contributed by atoms with E-state index >= 15 is 0 Å². The molecule has 0 aromatic carbocycles. The van der Waals surface area contributed by atoms with E-state index in [1.165, 1.54) is 38.8 Å². The van der Waals surface area contributed by atoms with E-state index in [1.54, 1.807) is 0 Å². The summed E-state index contributed by atoms with van der Waals surface area (Å²) in [5.74, 6) is 0.944. The first-order valence-electron chi connectivity index (χ1n) is 7.13. The number of piperidine rings is 1. The molecule has 2 N–H and O–H groups in total. The smallest absolute Gasteiger partial charge is 0.0967 e. The minimum absolute atomic E-state index is 0.616. The topological polar surface area (TPSA) is 60.0 Å². The van der Waals surface area contributed by atoms with Gasteiger partial charge in [-0.2, -0.15) is 0 Å². The fourth-order valence-electron chi connectivity index (χ4n) is 2.72. The minimum Gasteiger partial charge on any atom is -0.329 e. The van der Waals surface area contributed by atoms with Crippen LogP contribution in [0.2, 0.25) is 0 Å². The zero-order chi connectivity index (χ0) is 12.8. The van der Waals surface area contributed by atoms with Crippen LogP contribution in [0.15, 0.2) is 6.20 Å². The Balaban J connectivity index is 1.76. The third kappa shape index (κ3) is 3.78. The second-order valence-corrected chi connectivity index (χ2v) is 5.27. The lowest BCUT2D eigenvalue weighted by atomic mass is 9.92. The molecule has 18 heavy (non-hydrogen) atoms. The molecular weight excluding hydrogens is 226 g/mol. The zero-order valence-electron chi connectivity index (χ0n) is 11.4. The Morgan fingerprint density at radius 3 is 2.83 bits per heavy atom. The number of hydrogen-bond donors (Lipinski definition) is 1. The lowest BCUT2D eigenvalue weighted by molar-refractivity contribution is 0.170. The van der Waals surface area contributed by atoms with Gasteiger partial charge in [0, 0.05) is 19.3 Å². The Hall–Kier alpha value is -0.940. The van der Waals surface area contributed by atoms with Crippen LogP contribution in [-0.2, 0) is 13.1 Å². The fourth-order valence-corrected chi connectivity index (χ4v) is 2.72. The lowest BCUT2D eigenvalue weighted by Gasteiger charge is -2.31. The maximum absolute atomic E-state index is 5.50. The van der Waals surface area contributed by atoms with E-state index < -0.39 is 0 Å². The van der Waals surface area contributed by atoms with E-state index in [-0.39, 0.29) is 0 Å². The molecule has 0 spiro atoms. The van der Waals surface area contributed by atoms with Crippen LogP contribution in [0.4, 0.5) is 0 Å². The quantitative estimate of drug-likeness (QED) is 0.826. The van der Waals surface area contributed by atoms with Crippen molar-refractivity contribution < 1.29 is 0 Å². The molecule has 1 aliphatic rings. The highest BCUT2D eigenvalue weighted by Crippen LogP contribution is 2.22. The summed E-state index contributed by atoms with van der Waals surface area (Å²) in [5.41, 5.74) is 6.57. The van der Waals surface area contributed by atoms with Gasteiger partial charge in [0.05, 0.1) is 12.2 Å². The minimum atomic E-state index is 0.616. The predicted molar refractivity (Wildman–Crippen MR) is 72.0 cm³/mol. The number of nitrogens with zero attached hydrogens (tertiary/aromatic N) is 4. The maximum atomic E-state index is 5.50. The van der Waals surface area contributed by atoms with Gasteiger partial charge in [-0.15, -0.1) is 5.10 Å². The van der Waals surface area contributed by atoms with Crippen molar-refractivity contribution >= 4 is 0 Å². The lowest BCUT2D eigenvalue weighted by Crippen LogP contribution is -2.33. The van der Waals surface area contributed by atoms with Crippen LogP contribution in [-0.4, -0.2) is 39.5 Å². The van der Waals surface area contributed by atoms with Crippen molar-refractivity contribution in [3.05, 3.63) is 11.9 Å². The van der Waals surface area contributed by atoms with Crippen molar-refractivity contribution in [2.24, 2.45) is 11.7 Å². The van der Waals surface area contributed by atoms with Gasteiger partial charge >= 0.3 is 0 Å². The first-order chi connectivity index (χ1) is 8.81. The number of likely N-dealkylation sites (tertiary alicyclic amines) is 1. The van der Waals surface area contributed by atoms with Gasteiger partial charge in [-0.1, -0.05) is 25.0 Å². The molecule has 2 rings (SSSR count). The van der Waals surface area contributed by atoms with E-state index in [9.17, 15) is 0 Å². The molecule has 0 aliphatic carbocycles. The zero-order valence-corrected chi connectivity index (χ0v) is 11.4. The van der Waals surface area contributed by atoms with E-state index in [0.29, 0.717) is 6.54 Å². The monoisotopic (exact) mass is 251 g/mol. The molecule has 5 nitrogen and oxygen atoms in total. The van der Waals surface area contributed by atoms with E-state index in [1.807, 2.05) is 10.9 Å². The molecule has 0 radical (unpaired) electrons. The summed E-state index contributed by atoms with van der Waals surface area (Å²) in [6.45, 7) is 6.99. The van der Waals surface area contributed by atoms with Crippen LogP contribution in [0.25, 0.3) is 0 Å². The van der Waals surface area contributed by atoms with Crippen molar-refractivity contribution in [2.45, 2.75) is 45.7 Å². The highest BCUT2D eigenvalue weighted by molar-refractivity contribution is 4.93. The van der Waals surface area contributed by atoms with Crippen LogP contribution >= 0.6 is 0 Å². The maximum Gasteiger partial charge on any atom is 0.0967 e. The molecule has 1 aliphatic heterocycles. The van der Waals surface area contributed by atoms with Crippen LogP contribution in [0.1, 0.15) is 38.3 Å². The second-order valence-electron chi connectivity index (χ2n) is 5.27. The summed E-state index contributed by atoms with van der Waals surface area (Å²) in [6, 6.07) is 0. The van der Waals surface area contributed by atoms with Crippen molar-refractivity contribution in [3.63, 3.8) is 0 Å². The Labute approximate surface area is 109 Å². The highest BCUT2D eigenvalue weighted by Gasteiger charge is 2.19. The molecule has 5 heteroatoms. The third-order valence-electron chi connectivity index (χ3n) is 3.73. The second kappa shape index (κ2) is 6.85. The van der Waals surface area contributed by atoms with E-state index in [4.69, 9.17) is 5.73 Å². The molecule has 0 amide bonds. The highest BCUT2D eigenvalue weighted by atomic mass is 15.4. The molecule has 2 heterocycles. The number of rotatable bonds is 6. The first-order valence-corrected chi connectivity index (χ1v) is 7.13. The van der Waals surface area contributed by atoms with Gasteiger partial charge in [0.1, 0.15) is 0 Å². The number of nitrogens with two attached hydrogens (primary N) is 1. The van der Waals surface area contributed by atoms with Gasteiger partial charge in [-0.05, 0) is 31.8 Å². The fraction of sp³-hybridized carbons (Fsp3) is 0.846. The van der Waals surface area contributed by atoms with Crippen LogP contribution in [0, 0.1) is 5.92 Å². The molecule has 0 saturated carbocycles. The van der Waals surface area contributed by atoms with Crippen molar-refractivity contribution in [3.8, 4) is 0 Å². The largest absolute Gasteiger partial charge is 0.329 e. The van der Waals surface area contributed by atoms with Crippen molar-refractivity contribution in [1.29, 1.82) is 0 Å². The Kier molecular flexibility index (Phi) is 5.13. The van der Waals surface area contributed by atoms with Crippen LogP contribution < -0.4 is 5.73 Å². The molecule has 1 aromatic rings. The predicted octanol–water partition coefficient (Wildman–Crippen LogP) is 1.25. The molecule has 0 bridgehead atoms. The molecule has 1 fully saturated rings. The Bertz CT molecular complexity index is 341. The standard InChI is InChI=1S/C13H25N5/c1-2-3-12-4-7-17(8-5-12)10-13-11-18(9-6-14)16-15-13/h11-12H,2-10,14H2,1H3. The summed E-state index contributed by atoms with van der Waals surface area (Å²) < 4.78 is 1.83. The average molecular weight is 251 g/mol. The third-order valence-corrected chi connectivity index (χ3v) is 3.73. The van der Waals surface area contributed by atoms with Gasteiger partial charge in [-0.25, -0.2) is 0 Å². The SMILES string of the molecule is CCCC1CCN(Cc2cn(CCN)nn2)CC1. The van der Waals surface area contributed by atoms with Gasteiger partial charge in [-0.3, -0.25) is 9.58 Å². The molecule has 1 aromatic heterocycles. The number of aromatic nitrogens is 3.